The summed E-state index contributed by atoms with van der Waals surface area (Å²) in [6, 6.07) is 5.73. The van der Waals surface area contributed by atoms with E-state index in [1.165, 1.54) is 5.56 Å². The molecule has 1 aromatic carbocycles. The fraction of sp³-hybridized carbons (Fsp3) is 0.364. The van der Waals surface area contributed by atoms with E-state index in [0.717, 1.165) is 17.7 Å². The second kappa shape index (κ2) is 4.08. The van der Waals surface area contributed by atoms with Gasteiger partial charge in [0.1, 0.15) is 5.78 Å². The van der Waals surface area contributed by atoms with E-state index < -0.39 is 0 Å². The molecule has 2 N–H and O–H groups in total. The highest BCUT2D eigenvalue weighted by atomic mass is 16.1. The van der Waals surface area contributed by atoms with Crippen molar-refractivity contribution in [2.45, 2.75) is 26.7 Å². The van der Waals surface area contributed by atoms with Crippen LogP contribution in [0.5, 0.6) is 0 Å². The number of Topliss-reactive ketones (excluding diaryl/α,β-unsaturated/α-hetero) is 1. The average Bonchev–Trinajstić information content (AvgIpc) is 2.07. The predicted molar refractivity (Wildman–Crippen MR) is 54.6 cm³/mol. The van der Waals surface area contributed by atoms with Crippen molar-refractivity contribution in [2.24, 2.45) is 0 Å². The summed E-state index contributed by atoms with van der Waals surface area (Å²) < 4.78 is 0. The molecule has 0 bridgehead atoms. The molecule has 0 spiro atoms. The number of anilines is 1. The maximum absolute atomic E-state index is 10.9. The Bertz CT molecular complexity index is 318. The first-order chi connectivity index (χ1) is 6.13. The van der Waals surface area contributed by atoms with Gasteiger partial charge in [-0.2, -0.15) is 0 Å². The molecule has 0 fully saturated rings. The Hall–Kier alpha value is -1.31. The van der Waals surface area contributed by atoms with Crippen LogP contribution in [-0.2, 0) is 17.6 Å². The number of ketones is 1. The van der Waals surface area contributed by atoms with Crippen LogP contribution in [-0.4, -0.2) is 5.78 Å². The summed E-state index contributed by atoms with van der Waals surface area (Å²) >= 11 is 0. The minimum absolute atomic E-state index is 0.194. The molecule has 0 aliphatic rings. The molecule has 1 aromatic rings. The summed E-state index contributed by atoms with van der Waals surface area (Å²) in [4.78, 5) is 10.9. The lowest BCUT2D eigenvalue weighted by molar-refractivity contribution is -0.116. The van der Waals surface area contributed by atoms with Gasteiger partial charge in [-0.15, -0.1) is 0 Å². The molecule has 13 heavy (non-hydrogen) atoms. The molecular weight excluding hydrogens is 162 g/mol. The lowest BCUT2D eigenvalue weighted by Crippen LogP contribution is -2.01. The minimum Gasteiger partial charge on any atom is -0.399 e. The lowest BCUT2D eigenvalue weighted by Gasteiger charge is -2.06. The number of nitrogens with two attached hydrogens (primary N) is 1. The summed E-state index contributed by atoms with van der Waals surface area (Å²) in [7, 11) is 0. The zero-order valence-electron chi connectivity index (χ0n) is 8.13. The zero-order chi connectivity index (χ0) is 9.84. The first kappa shape index (κ1) is 9.78. The maximum atomic E-state index is 10.9. The quantitative estimate of drug-likeness (QED) is 0.717. The van der Waals surface area contributed by atoms with E-state index in [1.807, 2.05) is 18.2 Å². The van der Waals surface area contributed by atoms with Crippen LogP contribution in [0, 0.1) is 0 Å². The Morgan fingerprint density at radius 2 is 2.08 bits per heavy atom. The highest BCUT2D eigenvalue weighted by Gasteiger charge is 2.03. The first-order valence-electron chi connectivity index (χ1n) is 4.50. The molecule has 2 nitrogen and oxygen atoms in total. The molecule has 0 unspecified atom stereocenters. The largest absolute Gasteiger partial charge is 0.399 e. The number of nitrogen functional groups attached to an aromatic ring is 1. The third kappa shape index (κ3) is 2.58. The molecule has 0 aliphatic carbocycles. The van der Waals surface area contributed by atoms with Gasteiger partial charge in [-0.25, -0.2) is 0 Å². The summed E-state index contributed by atoms with van der Waals surface area (Å²) in [6.45, 7) is 3.67. The summed E-state index contributed by atoms with van der Waals surface area (Å²) in [6.07, 6.45) is 1.44. The van der Waals surface area contributed by atoms with Crippen molar-refractivity contribution >= 4 is 11.5 Å². The van der Waals surface area contributed by atoms with Crippen molar-refractivity contribution in [3.8, 4) is 0 Å². The van der Waals surface area contributed by atoms with Crippen molar-refractivity contribution in [1.29, 1.82) is 0 Å². The molecule has 1 rings (SSSR count). The third-order valence-corrected chi connectivity index (χ3v) is 2.05. The van der Waals surface area contributed by atoms with E-state index in [0.29, 0.717) is 6.42 Å². The SMILES string of the molecule is CCc1cc(N)ccc1CC(C)=O. The van der Waals surface area contributed by atoms with Crippen LogP contribution >= 0.6 is 0 Å². The number of carbonyl (C=O) groups excluding carboxylic acids is 1. The number of hydrogen-bond acceptors (Lipinski definition) is 2. The monoisotopic (exact) mass is 177 g/mol. The molecule has 0 aliphatic heterocycles. The van der Waals surface area contributed by atoms with Crippen LogP contribution < -0.4 is 5.73 Å². The van der Waals surface area contributed by atoms with Crippen molar-refractivity contribution in [2.75, 3.05) is 5.73 Å². The highest BCUT2D eigenvalue weighted by molar-refractivity contribution is 5.78. The maximum Gasteiger partial charge on any atom is 0.134 e. The molecule has 0 heterocycles. The Morgan fingerprint density at radius 3 is 2.62 bits per heavy atom. The molecule has 0 saturated heterocycles. The number of benzene rings is 1. The molecule has 0 aromatic heterocycles. The van der Waals surface area contributed by atoms with Crippen molar-refractivity contribution in [3.05, 3.63) is 29.3 Å². The first-order valence-corrected chi connectivity index (χ1v) is 4.50. The summed E-state index contributed by atoms with van der Waals surface area (Å²) in [5.41, 5.74) is 8.69. The normalized spacial score (nSPS) is 10.0. The van der Waals surface area contributed by atoms with Gasteiger partial charge >= 0.3 is 0 Å². The van der Waals surface area contributed by atoms with Gasteiger partial charge in [-0.3, -0.25) is 4.79 Å². The second-order valence-corrected chi connectivity index (χ2v) is 3.26. The average molecular weight is 177 g/mol. The lowest BCUT2D eigenvalue weighted by atomic mass is 10.0. The van der Waals surface area contributed by atoms with Gasteiger partial charge in [-0.1, -0.05) is 13.0 Å². The van der Waals surface area contributed by atoms with Gasteiger partial charge in [0.05, 0.1) is 0 Å². The van der Waals surface area contributed by atoms with Gasteiger partial charge in [0.2, 0.25) is 0 Å². The Labute approximate surface area is 78.8 Å². The van der Waals surface area contributed by atoms with E-state index in [4.69, 9.17) is 5.73 Å². The van der Waals surface area contributed by atoms with Crippen LogP contribution in [0.15, 0.2) is 18.2 Å². The minimum atomic E-state index is 0.194. The zero-order valence-corrected chi connectivity index (χ0v) is 8.13. The van der Waals surface area contributed by atoms with Crippen LogP contribution in [0.3, 0.4) is 0 Å². The molecule has 0 amide bonds. The molecule has 2 heteroatoms. The van der Waals surface area contributed by atoms with Gasteiger partial charge in [0.15, 0.2) is 0 Å². The van der Waals surface area contributed by atoms with Crippen LogP contribution in [0.25, 0.3) is 0 Å². The summed E-state index contributed by atoms with van der Waals surface area (Å²) in [5, 5.41) is 0. The van der Waals surface area contributed by atoms with Gasteiger partial charge in [0, 0.05) is 12.1 Å². The number of rotatable bonds is 3. The smallest absolute Gasteiger partial charge is 0.134 e. The summed E-state index contributed by atoms with van der Waals surface area (Å²) in [5.74, 6) is 0.194. The van der Waals surface area contributed by atoms with E-state index in [2.05, 4.69) is 6.92 Å². The fourth-order valence-electron chi connectivity index (χ4n) is 1.42. The van der Waals surface area contributed by atoms with Gasteiger partial charge in [-0.05, 0) is 36.6 Å². The van der Waals surface area contributed by atoms with E-state index in [9.17, 15) is 4.79 Å². The van der Waals surface area contributed by atoms with Crippen LogP contribution in [0.2, 0.25) is 0 Å². The van der Waals surface area contributed by atoms with Crippen LogP contribution in [0.1, 0.15) is 25.0 Å². The molecule has 0 radical (unpaired) electrons. The fourth-order valence-corrected chi connectivity index (χ4v) is 1.42. The Morgan fingerprint density at radius 1 is 1.38 bits per heavy atom. The Balaban J connectivity index is 2.99. The molecule has 70 valence electrons. The van der Waals surface area contributed by atoms with Crippen LogP contribution in [0.4, 0.5) is 5.69 Å². The van der Waals surface area contributed by atoms with Crippen molar-refractivity contribution < 1.29 is 4.79 Å². The van der Waals surface area contributed by atoms with Gasteiger partial charge in [0.25, 0.3) is 0 Å². The molecular formula is C11H15NO. The van der Waals surface area contributed by atoms with Crippen molar-refractivity contribution in [1.82, 2.24) is 0 Å². The second-order valence-electron chi connectivity index (χ2n) is 3.26. The van der Waals surface area contributed by atoms with E-state index in [-0.39, 0.29) is 5.78 Å². The molecule has 0 atom stereocenters. The Kier molecular flexibility index (Phi) is 3.07. The topological polar surface area (TPSA) is 43.1 Å². The predicted octanol–water partition coefficient (Wildman–Crippen LogP) is 1.96. The highest BCUT2D eigenvalue weighted by Crippen LogP contribution is 2.15. The third-order valence-electron chi connectivity index (χ3n) is 2.05. The van der Waals surface area contributed by atoms with E-state index in [1.54, 1.807) is 6.92 Å². The van der Waals surface area contributed by atoms with Crippen molar-refractivity contribution in [3.63, 3.8) is 0 Å². The van der Waals surface area contributed by atoms with E-state index >= 15 is 0 Å². The van der Waals surface area contributed by atoms with Gasteiger partial charge < -0.3 is 5.73 Å². The number of carbonyl (C=O) groups is 1. The number of hydrogen-bond donors (Lipinski definition) is 1. The standard InChI is InChI=1S/C11H15NO/c1-3-9-7-11(12)5-4-10(9)6-8(2)13/h4-5,7H,3,6,12H2,1-2H3. The number of aryl methyl sites for hydroxylation is 1. The molecule has 0 saturated carbocycles.